The van der Waals surface area contributed by atoms with Crippen molar-refractivity contribution in [2.24, 2.45) is 0 Å². The molecule has 0 N–H and O–H groups in total. The molecule has 4 aromatic rings. The first kappa shape index (κ1) is 11.9. The number of fused-ring (bicyclic) bond motifs is 5. The van der Waals surface area contributed by atoms with Gasteiger partial charge >= 0.3 is 0 Å². The predicted octanol–water partition coefficient (Wildman–Crippen LogP) is 4.96. The summed E-state index contributed by atoms with van der Waals surface area (Å²) in [5.74, 6) is 0. The Balaban J connectivity index is 0.00000110. The van der Waals surface area contributed by atoms with Crippen LogP contribution in [0.25, 0.3) is 32.4 Å². The zero-order valence-electron chi connectivity index (χ0n) is 10.2. The second kappa shape index (κ2) is 4.52. The third-order valence-electron chi connectivity index (χ3n) is 3.49. The zero-order chi connectivity index (χ0) is 11.9. The third kappa shape index (κ3) is 1.74. The first-order valence-electron chi connectivity index (χ1n) is 6.09. The Bertz CT molecular complexity index is 808. The number of pyridine rings is 1. The monoisotopic (exact) mass is 265 g/mol. The Morgan fingerprint density at radius 3 is 2.26 bits per heavy atom. The second-order valence-corrected chi connectivity index (χ2v) is 4.52. The van der Waals surface area contributed by atoms with Crippen LogP contribution in [0.1, 0.15) is 0 Å². The normalized spacial score (nSPS) is 10.7. The van der Waals surface area contributed by atoms with Gasteiger partial charge in [0.25, 0.3) is 0 Å². The molecule has 4 rings (SSSR count). The smallest absolute Gasteiger partial charge is 0.0780 e. The van der Waals surface area contributed by atoms with Gasteiger partial charge in [-0.25, -0.2) is 0 Å². The third-order valence-corrected chi connectivity index (χ3v) is 3.49. The molecule has 0 aliphatic heterocycles. The number of rotatable bonds is 0. The molecule has 3 aromatic carbocycles. The van der Waals surface area contributed by atoms with Crippen LogP contribution in [-0.2, 0) is 0 Å². The number of halogens is 1. The summed E-state index contributed by atoms with van der Waals surface area (Å²) in [4.78, 5) is 4.52. The molecule has 0 spiro atoms. The van der Waals surface area contributed by atoms with Crippen LogP contribution in [0, 0.1) is 0 Å². The van der Waals surface area contributed by atoms with Gasteiger partial charge in [-0.1, -0.05) is 54.6 Å². The molecule has 92 valence electrons. The predicted molar refractivity (Wildman–Crippen MR) is 84.0 cm³/mol. The quantitative estimate of drug-likeness (QED) is 0.409. The van der Waals surface area contributed by atoms with Crippen molar-refractivity contribution in [3.8, 4) is 0 Å². The van der Waals surface area contributed by atoms with Crippen LogP contribution in [0.2, 0.25) is 0 Å². The minimum absolute atomic E-state index is 0. The van der Waals surface area contributed by atoms with Gasteiger partial charge in [0.2, 0.25) is 0 Å². The molecule has 1 aromatic heterocycles. The average Bonchev–Trinajstić information content (AvgIpc) is 2.46. The summed E-state index contributed by atoms with van der Waals surface area (Å²) in [7, 11) is 0. The molecule has 0 aliphatic rings. The minimum Gasteiger partial charge on any atom is -0.256 e. The van der Waals surface area contributed by atoms with E-state index in [1.807, 2.05) is 12.3 Å². The standard InChI is InChI=1S/C17H11N.ClH/c1-2-6-14-12(4-1)7-10-16-15(14)9-8-13-5-3-11-18-17(13)16;/h1-11H;1H. The Kier molecular flexibility index (Phi) is 2.84. The molecule has 0 amide bonds. The molecule has 0 saturated carbocycles. The lowest BCUT2D eigenvalue weighted by Gasteiger charge is -2.06. The maximum Gasteiger partial charge on any atom is 0.0780 e. The molecule has 1 heterocycles. The molecule has 1 nitrogen and oxygen atoms in total. The SMILES string of the molecule is Cl.c1ccc2c(c1)ccc1c2ccc2cccnc21. The molecular weight excluding hydrogens is 254 g/mol. The van der Waals surface area contributed by atoms with E-state index in [1.54, 1.807) is 0 Å². The summed E-state index contributed by atoms with van der Waals surface area (Å²) in [6, 6.07) is 21.3. The molecule has 0 unspecified atom stereocenters. The minimum atomic E-state index is 0. The van der Waals surface area contributed by atoms with Gasteiger partial charge in [0.15, 0.2) is 0 Å². The number of aromatic nitrogens is 1. The molecule has 0 atom stereocenters. The number of hydrogen-bond donors (Lipinski definition) is 0. The van der Waals surface area contributed by atoms with Gasteiger partial charge < -0.3 is 0 Å². The van der Waals surface area contributed by atoms with Gasteiger partial charge in [0.05, 0.1) is 5.52 Å². The largest absolute Gasteiger partial charge is 0.256 e. The highest BCUT2D eigenvalue weighted by atomic mass is 35.5. The first-order valence-corrected chi connectivity index (χ1v) is 6.09. The van der Waals surface area contributed by atoms with E-state index in [-0.39, 0.29) is 12.4 Å². The number of benzene rings is 3. The van der Waals surface area contributed by atoms with Crippen LogP contribution < -0.4 is 0 Å². The van der Waals surface area contributed by atoms with Crippen LogP contribution >= 0.6 is 12.4 Å². The molecule has 0 saturated heterocycles. The number of hydrogen-bond acceptors (Lipinski definition) is 1. The summed E-state index contributed by atoms with van der Waals surface area (Å²) >= 11 is 0. The Hall–Kier alpha value is -2.12. The van der Waals surface area contributed by atoms with Crippen LogP contribution in [-0.4, -0.2) is 4.98 Å². The topological polar surface area (TPSA) is 12.9 Å². The molecule has 19 heavy (non-hydrogen) atoms. The van der Waals surface area contributed by atoms with Gasteiger partial charge in [-0.3, -0.25) is 4.98 Å². The van der Waals surface area contributed by atoms with Gasteiger partial charge in [0.1, 0.15) is 0 Å². The fourth-order valence-electron chi connectivity index (χ4n) is 2.63. The average molecular weight is 266 g/mol. The van der Waals surface area contributed by atoms with Crippen molar-refractivity contribution in [2.45, 2.75) is 0 Å². The van der Waals surface area contributed by atoms with Crippen molar-refractivity contribution < 1.29 is 0 Å². The van der Waals surface area contributed by atoms with Crippen molar-refractivity contribution in [1.82, 2.24) is 4.98 Å². The van der Waals surface area contributed by atoms with E-state index in [0.717, 1.165) is 5.52 Å². The van der Waals surface area contributed by atoms with Gasteiger partial charge in [-0.05, 0) is 22.2 Å². The summed E-state index contributed by atoms with van der Waals surface area (Å²) in [6.45, 7) is 0. The van der Waals surface area contributed by atoms with Crippen molar-refractivity contribution in [3.63, 3.8) is 0 Å². The lowest BCUT2D eigenvalue weighted by molar-refractivity contribution is 1.43. The molecule has 2 heteroatoms. The lowest BCUT2D eigenvalue weighted by atomic mass is 10.00. The van der Waals surface area contributed by atoms with E-state index in [0.29, 0.717) is 0 Å². The summed E-state index contributed by atoms with van der Waals surface area (Å²) in [5.41, 5.74) is 1.08. The maximum atomic E-state index is 4.52. The zero-order valence-corrected chi connectivity index (χ0v) is 11.0. The fourth-order valence-corrected chi connectivity index (χ4v) is 2.63. The van der Waals surface area contributed by atoms with Crippen molar-refractivity contribution in [3.05, 3.63) is 66.9 Å². The molecule has 0 bridgehead atoms. The fraction of sp³-hybridized carbons (Fsp3) is 0. The molecule has 0 aliphatic carbocycles. The van der Waals surface area contributed by atoms with E-state index in [9.17, 15) is 0 Å². The van der Waals surface area contributed by atoms with Crippen LogP contribution in [0.3, 0.4) is 0 Å². The summed E-state index contributed by atoms with van der Waals surface area (Å²) in [5, 5.41) is 6.27. The Morgan fingerprint density at radius 2 is 1.32 bits per heavy atom. The Labute approximate surface area is 117 Å². The van der Waals surface area contributed by atoms with E-state index < -0.39 is 0 Å². The highest BCUT2D eigenvalue weighted by Crippen LogP contribution is 2.29. The van der Waals surface area contributed by atoms with E-state index in [4.69, 9.17) is 0 Å². The molecule has 0 fully saturated rings. The Morgan fingerprint density at radius 1 is 0.579 bits per heavy atom. The van der Waals surface area contributed by atoms with Gasteiger partial charge in [-0.2, -0.15) is 0 Å². The maximum absolute atomic E-state index is 4.52. The van der Waals surface area contributed by atoms with Crippen LogP contribution in [0.15, 0.2) is 66.9 Å². The van der Waals surface area contributed by atoms with E-state index in [1.165, 1.54) is 26.9 Å². The van der Waals surface area contributed by atoms with Gasteiger partial charge in [-0.15, -0.1) is 12.4 Å². The summed E-state index contributed by atoms with van der Waals surface area (Å²) in [6.07, 6.45) is 1.86. The molecular formula is C17H12ClN. The summed E-state index contributed by atoms with van der Waals surface area (Å²) < 4.78 is 0. The van der Waals surface area contributed by atoms with Crippen molar-refractivity contribution in [2.75, 3.05) is 0 Å². The van der Waals surface area contributed by atoms with Gasteiger partial charge in [0, 0.05) is 17.0 Å². The molecule has 0 radical (unpaired) electrons. The highest BCUT2D eigenvalue weighted by molar-refractivity contribution is 6.15. The van der Waals surface area contributed by atoms with Crippen molar-refractivity contribution in [1.29, 1.82) is 0 Å². The van der Waals surface area contributed by atoms with E-state index >= 15 is 0 Å². The first-order chi connectivity index (χ1) is 8.93. The van der Waals surface area contributed by atoms with Crippen LogP contribution in [0.4, 0.5) is 0 Å². The lowest BCUT2D eigenvalue weighted by Crippen LogP contribution is -1.82. The highest BCUT2D eigenvalue weighted by Gasteiger charge is 2.04. The van der Waals surface area contributed by atoms with Crippen LogP contribution in [0.5, 0.6) is 0 Å². The van der Waals surface area contributed by atoms with Crippen molar-refractivity contribution >= 4 is 44.9 Å². The number of nitrogens with zero attached hydrogens (tertiary/aromatic N) is 1. The van der Waals surface area contributed by atoms with E-state index in [2.05, 4.69) is 59.6 Å². The second-order valence-electron chi connectivity index (χ2n) is 4.52.